The normalized spacial score (nSPS) is 10.9. The number of anilines is 2. The Bertz CT molecular complexity index is 1370. The topological polar surface area (TPSA) is 143 Å². The third kappa shape index (κ3) is 10.9. The monoisotopic (exact) mass is 590 g/mol. The number of methoxy groups -OCH3 is 1. The summed E-state index contributed by atoms with van der Waals surface area (Å²) in [5, 5.41) is 9.44. The molecule has 0 aliphatic rings. The van der Waals surface area contributed by atoms with Crippen molar-refractivity contribution in [1.29, 1.82) is 0 Å². The molecule has 0 heterocycles. The van der Waals surface area contributed by atoms with Crippen molar-refractivity contribution in [3.8, 4) is 23.0 Å². The van der Waals surface area contributed by atoms with Crippen LogP contribution in [0.3, 0.4) is 0 Å². The van der Waals surface area contributed by atoms with E-state index in [1.165, 1.54) is 12.1 Å². The molecule has 0 atom stereocenters. The fourth-order valence-corrected chi connectivity index (χ4v) is 4.49. The Balaban J connectivity index is 1.40. The summed E-state index contributed by atoms with van der Waals surface area (Å²) in [5.41, 5.74) is 14.1. The number of carbonyl (C=O) groups is 2. The number of ether oxygens (including phenoxy) is 4. The fraction of sp³-hybridized carbons (Fsp3) is 0.353. The van der Waals surface area contributed by atoms with Crippen LogP contribution in [-0.4, -0.2) is 37.4 Å². The van der Waals surface area contributed by atoms with Crippen molar-refractivity contribution in [1.82, 2.24) is 0 Å². The van der Waals surface area contributed by atoms with Crippen molar-refractivity contribution >= 4 is 29.4 Å². The number of carbonyl (C=O) groups excluding carboxylic acids is 1. The Kier molecular flexibility index (Phi) is 13.2. The molecule has 0 saturated carbocycles. The number of aromatic carboxylic acids is 1. The molecule has 0 unspecified atom stereocenters. The molecule has 9 heteroatoms. The van der Waals surface area contributed by atoms with Gasteiger partial charge in [-0.1, -0.05) is 38.7 Å². The minimum Gasteiger partial charge on any atom is -0.494 e. The number of rotatable bonds is 18. The first-order valence-electron chi connectivity index (χ1n) is 14.7. The molecule has 0 saturated heterocycles. The number of esters is 1. The van der Waals surface area contributed by atoms with Crippen LogP contribution in [0.15, 0.2) is 60.7 Å². The summed E-state index contributed by atoms with van der Waals surface area (Å²) in [7, 11) is 1.56. The fourth-order valence-electron chi connectivity index (χ4n) is 4.49. The van der Waals surface area contributed by atoms with Crippen molar-refractivity contribution in [2.75, 3.05) is 31.8 Å². The van der Waals surface area contributed by atoms with E-state index >= 15 is 0 Å². The van der Waals surface area contributed by atoms with E-state index in [-0.39, 0.29) is 5.56 Å². The van der Waals surface area contributed by atoms with Crippen molar-refractivity contribution in [2.24, 2.45) is 0 Å². The average molecular weight is 591 g/mol. The van der Waals surface area contributed by atoms with Crippen molar-refractivity contribution in [2.45, 2.75) is 58.3 Å². The maximum Gasteiger partial charge on any atom is 0.336 e. The lowest BCUT2D eigenvalue weighted by molar-refractivity contribution is -0.128. The molecule has 3 aromatic rings. The molecule has 0 spiro atoms. The Hall–Kier alpha value is -4.66. The second kappa shape index (κ2) is 17.3. The molecule has 0 aliphatic heterocycles. The van der Waals surface area contributed by atoms with Crippen LogP contribution in [0.1, 0.15) is 73.4 Å². The molecule has 9 nitrogen and oxygen atoms in total. The van der Waals surface area contributed by atoms with E-state index in [0.717, 1.165) is 56.3 Å². The summed E-state index contributed by atoms with van der Waals surface area (Å²) in [5.74, 6) is 0.843. The van der Waals surface area contributed by atoms with Crippen LogP contribution in [0.25, 0.3) is 6.08 Å². The van der Waals surface area contributed by atoms with Gasteiger partial charge in [0, 0.05) is 17.5 Å². The molecule has 3 rings (SSSR count). The van der Waals surface area contributed by atoms with Gasteiger partial charge in [-0.3, -0.25) is 0 Å². The van der Waals surface area contributed by atoms with E-state index in [1.54, 1.807) is 55.7 Å². The van der Waals surface area contributed by atoms with Gasteiger partial charge in [-0.15, -0.1) is 0 Å². The Morgan fingerprint density at radius 2 is 1.51 bits per heavy atom. The molecule has 43 heavy (non-hydrogen) atoms. The van der Waals surface area contributed by atoms with Gasteiger partial charge in [0.2, 0.25) is 0 Å². The molecule has 230 valence electrons. The van der Waals surface area contributed by atoms with E-state index in [1.807, 2.05) is 6.07 Å². The van der Waals surface area contributed by atoms with Crippen LogP contribution in [0, 0.1) is 0 Å². The number of hydrogen-bond donors (Lipinski definition) is 3. The third-order valence-corrected chi connectivity index (χ3v) is 6.77. The molecule has 0 fully saturated rings. The van der Waals surface area contributed by atoms with Crippen LogP contribution < -0.4 is 30.4 Å². The summed E-state index contributed by atoms with van der Waals surface area (Å²) < 4.78 is 22.5. The van der Waals surface area contributed by atoms with E-state index in [2.05, 4.69) is 6.92 Å². The highest BCUT2D eigenvalue weighted by Gasteiger charge is 2.14. The molecule has 0 aromatic heterocycles. The lowest BCUT2D eigenvalue weighted by Crippen LogP contribution is -2.08. The maximum atomic E-state index is 12.3. The van der Waals surface area contributed by atoms with Crippen molar-refractivity contribution in [3.05, 3.63) is 77.4 Å². The number of carboxylic acid groups (broad SMARTS) is 1. The Morgan fingerprint density at radius 1 is 0.814 bits per heavy atom. The molecule has 0 radical (unpaired) electrons. The van der Waals surface area contributed by atoms with E-state index in [9.17, 15) is 14.7 Å². The summed E-state index contributed by atoms with van der Waals surface area (Å²) in [6, 6.07) is 15.5. The van der Waals surface area contributed by atoms with E-state index < -0.39 is 11.9 Å². The summed E-state index contributed by atoms with van der Waals surface area (Å²) in [4.78, 5) is 23.8. The van der Waals surface area contributed by atoms with Crippen molar-refractivity contribution in [3.63, 3.8) is 0 Å². The first-order chi connectivity index (χ1) is 20.8. The lowest BCUT2D eigenvalue weighted by atomic mass is 9.98. The Morgan fingerprint density at radius 3 is 2.23 bits per heavy atom. The van der Waals surface area contributed by atoms with Crippen LogP contribution in [0.4, 0.5) is 11.4 Å². The lowest BCUT2D eigenvalue weighted by Gasteiger charge is -2.12. The summed E-state index contributed by atoms with van der Waals surface area (Å²) >= 11 is 0. The van der Waals surface area contributed by atoms with Gasteiger partial charge in [0.1, 0.15) is 11.5 Å². The number of unbranched alkanes of at least 4 members (excludes halogenated alkanes) is 5. The zero-order chi connectivity index (χ0) is 31.0. The zero-order valence-corrected chi connectivity index (χ0v) is 25.0. The van der Waals surface area contributed by atoms with E-state index in [4.69, 9.17) is 30.4 Å². The van der Waals surface area contributed by atoms with Gasteiger partial charge in [-0.25, -0.2) is 9.59 Å². The van der Waals surface area contributed by atoms with Gasteiger partial charge in [0.15, 0.2) is 11.5 Å². The van der Waals surface area contributed by atoms with Crippen LogP contribution in [-0.2, 0) is 11.2 Å². The van der Waals surface area contributed by atoms with Gasteiger partial charge < -0.3 is 35.5 Å². The first kappa shape index (κ1) is 32.8. The highest BCUT2D eigenvalue weighted by molar-refractivity contribution is 5.92. The number of hydrogen-bond acceptors (Lipinski definition) is 8. The molecular formula is C34H42N2O7. The molecule has 5 N–H and O–H groups in total. The molecule has 0 amide bonds. The molecule has 3 aromatic carbocycles. The van der Waals surface area contributed by atoms with Gasteiger partial charge in [-0.05, 0) is 91.4 Å². The minimum atomic E-state index is -1.03. The standard InChI is InChI=1S/C34H42N2O7/c1-3-4-8-19-41-26-13-15-27(16-14-26)43-33(37)18-12-24-11-17-31(32(21-24)40-2)42-20-9-6-5-7-10-28-29(34(38)39)22-25(35)23-30(28)36/h11-18,21-23H,3-10,19-20,35-36H2,1-2H3,(H,38,39)/b18-12+. The quantitative estimate of drug-likeness (QED) is 0.0472. The summed E-state index contributed by atoms with van der Waals surface area (Å²) in [6.45, 7) is 3.32. The smallest absolute Gasteiger partial charge is 0.336 e. The molecular weight excluding hydrogens is 548 g/mol. The number of nitrogens with two attached hydrogens (primary N) is 2. The molecule has 0 aliphatic carbocycles. The second-order valence-corrected chi connectivity index (χ2v) is 10.1. The second-order valence-electron chi connectivity index (χ2n) is 10.1. The largest absolute Gasteiger partial charge is 0.494 e. The molecule has 0 bridgehead atoms. The number of carboxylic acids is 1. The predicted octanol–water partition coefficient (Wildman–Crippen LogP) is 6.93. The van der Waals surface area contributed by atoms with Gasteiger partial charge >= 0.3 is 11.9 Å². The van der Waals surface area contributed by atoms with Crippen molar-refractivity contribution < 1.29 is 33.6 Å². The number of benzene rings is 3. The predicted molar refractivity (Wildman–Crippen MR) is 169 cm³/mol. The highest BCUT2D eigenvalue weighted by atomic mass is 16.5. The van der Waals surface area contributed by atoms with Gasteiger partial charge in [-0.2, -0.15) is 0 Å². The van der Waals surface area contributed by atoms with Crippen LogP contribution >= 0.6 is 0 Å². The van der Waals surface area contributed by atoms with Gasteiger partial charge in [0.05, 0.1) is 25.9 Å². The Labute approximate surface area is 253 Å². The highest BCUT2D eigenvalue weighted by Crippen LogP contribution is 2.29. The summed E-state index contributed by atoms with van der Waals surface area (Å²) in [6.07, 6.45) is 10.3. The van der Waals surface area contributed by atoms with Crippen LogP contribution in [0.5, 0.6) is 23.0 Å². The SMILES string of the molecule is CCCCCOc1ccc(OC(=O)/C=C/c2ccc(OCCCCCCc3c(N)cc(N)cc3C(=O)O)c(OC)c2)cc1. The first-order valence-corrected chi connectivity index (χ1v) is 14.7. The minimum absolute atomic E-state index is 0.164. The average Bonchev–Trinajstić information content (AvgIpc) is 2.99. The number of nitrogen functional groups attached to an aromatic ring is 2. The zero-order valence-electron chi connectivity index (χ0n) is 25.0. The maximum absolute atomic E-state index is 12.3. The third-order valence-electron chi connectivity index (χ3n) is 6.77. The van der Waals surface area contributed by atoms with Crippen LogP contribution in [0.2, 0.25) is 0 Å². The van der Waals surface area contributed by atoms with E-state index in [0.29, 0.717) is 53.8 Å². The van der Waals surface area contributed by atoms with Gasteiger partial charge in [0.25, 0.3) is 0 Å².